The maximum atomic E-state index is 12.6. The number of hydrogen-bond donors (Lipinski definition) is 3. The number of aliphatic hydroxyl groups excluding tert-OH is 1. The molecule has 1 unspecified atom stereocenters. The van der Waals surface area contributed by atoms with E-state index in [4.69, 9.17) is 4.74 Å². The van der Waals surface area contributed by atoms with Crippen molar-refractivity contribution in [3.05, 3.63) is 41.1 Å². The van der Waals surface area contributed by atoms with Crippen LogP contribution in [0.25, 0.3) is 0 Å². The van der Waals surface area contributed by atoms with Crippen LogP contribution in [-0.2, 0) is 9.53 Å². The summed E-state index contributed by atoms with van der Waals surface area (Å²) >= 11 is 0. The topological polar surface area (TPSA) is 90.9 Å². The Morgan fingerprint density at radius 2 is 1.89 bits per heavy atom. The summed E-state index contributed by atoms with van der Waals surface area (Å²) in [5.74, 6) is -0.440. The third-order valence-electron chi connectivity index (χ3n) is 5.23. The van der Waals surface area contributed by atoms with Crippen molar-refractivity contribution in [2.24, 2.45) is 5.92 Å². The van der Waals surface area contributed by atoms with Gasteiger partial charge in [0.25, 0.3) is 0 Å². The number of anilines is 1. The number of rotatable bonds is 5. The number of ether oxygens (including phenoxy) is 1. The molecule has 1 saturated heterocycles. The first kappa shape index (κ1) is 20.2. The molecule has 0 aliphatic carbocycles. The number of carbonyl (C=O) groups is 2. The number of aliphatic hydroxyl groups is 1. The molecule has 0 saturated carbocycles. The van der Waals surface area contributed by atoms with Gasteiger partial charge in [0.1, 0.15) is 0 Å². The Bertz CT molecular complexity index is 749. The van der Waals surface area contributed by atoms with Gasteiger partial charge in [0.2, 0.25) is 0 Å². The molecule has 3 rings (SSSR count). The molecular formula is C21H29N3O4. The number of nitrogens with one attached hydrogen (secondary N) is 2. The number of allylic oxidation sites excluding steroid dienone is 1. The molecule has 0 bridgehead atoms. The van der Waals surface area contributed by atoms with Crippen LogP contribution in [0.3, 0.4) is 0 Å². The van der Waals surface area contributed by atoms with Crippen molar-refractivity contribution in [2.45, 2.75) is 45.8 Å². The fraction of sp³-hybridized carbons (Fsp3) is 0.524. The molecule has 1 atom stereocenters. The molecular weight excluding hydrogens is 358 g/mol. The molecule has 0 aromatic heterocycles. The average molecular weight is 387 g/mol. The Morgan fingerprint density at radius 3 is 2.46 bits per heavy atom. The second-order valence-electron chi connectivity index (χ2n) is 7.54. The summed E-state index contributed by atoms with van der Waals surface area (Å²) in [6.07, 6.45) is 1.31. The van der Waals surface area contributed by atoms with E-state index in [0.29, 0.717) is 11.3 Å². The first-order valence-electron chi connectivity index (χ1n) is 9.92. The molecule has 2 heterocycles. The van der Waals surface area contributed by atoms with Gasteiger partial charge < -0.3 is 25.4 Å². The summed E-state index contributed by atoms with van der Waals surface area (Å²) < 4.78 is 5.26. The van der Waals surface area contributed by atoms with E-state index < -0.39 is 12.0 Å². The molecule has 152 valence electrons. The quantitative estimate of drug-likeness (QED) is 0.675. The highest BCUT2D eigenvalue weighted by Crippen LogP contribution is 2.32. The normalized spacial score (nSPS) is 20.8. The molecule has 3 N–H and O–H groups in total. The third kappa shape index (κ3) is 4.30. The number of piperidine rings is 1. The van der Waals surface area contributed by atoms with E-state index in [9.17, 15) is 14.7 Å². The SMILES string of the molecule is CCOC(=O)C1=C(C(C)C)NC(=O)NC1c1ccc(N2CCC(O)CC2)cc1. The Hall–Kier alpha value is -2.54. The van der Waals surface area contributed by atoms with Crippen LogP contribution in [0.15, 0.2) is 35.5 Å². The van der Waals surface area contributed by atoms with Crippen molar-refractivity contribution in [3.63, 3.8) is 0 Å². The zero-order valence-corrected chi connectivity index (χ0v) is 16.7. The summed E-state index contributed by atoms with van der Waals surface area (Å²) in [4.78, 5) is 27.1. The molecule has 2 aliphatic heterocycles. The van der Waals surface area contributed by atoms with Gasteiger partial charge in [-0.2, -0.15) is 0 Å². The maximum absolute atomic E-state index is 12.6. The van der Waals surface area contributed by atoms with E-state index in [1.54, 1.807) is 6.92 Å². The van der Waals surface area contributed by atoms with Gasteiger partial charge in [0.15, 0.2) is 0 Å². The van der Waals surface area contributed by atoms with E-state index in [0.717, 1.165) is 37.2 Å². The number of benzene rings is 1. The van der Waals surface area contributed by atoms with Crippen molar-refractivity contribution in [2.75, 3.05) is 24.6 Å². The second kappa shape index (κ2) is 8.65. The van der Waals surface area contributed by atoms with Crippen LogP contribution >= 0.6 is 0 Å². The Balaban J connectivity index is 1.90. The maximum Gasteiger partial charge on any atom is 0.338 e. The zero-order chi connectivity index (χ0) is 20.3. The Kier molecular flexibility index (Phi) is 6.24. The van der Waals surface area contributed by atoms with E-state index in [-0.39, 0.29) is 24.7 Å². The van der Waals surface area contributed by atoms with Crippen LogP contribution in [0.4, 0.5) is 10.5 Å². The monoisotopic (exact) mass is 387 g/mol. The van der Waals surface area contributed by atoms with Gasteiger partial charge in [-0.05, 0) is 43.4 Å². The predicted octanol–water partition coefficient (Wildman–Crippen LogP) is 2.47. The van der Waals surface area contributed by atoms with Gasteiger partial charge in [0, 0.05) is 24.5 Å². The summed E-state index contributed by atoms with van der Waals surface area (Å²) in [6, 6.07) is 7.00. The lowest BCUT2D eigenvalue weighted by molar-refractivity contribution is -0.139. The van der Waals surface area contributed by atoms with Crippen molar-refractivity contribution in [1.82, 2.24) is 10.6 Å². The largest absolute Gasteiger partial charge is 0.463 e. The molecule has 1 aromatic carbocycles. The molecule has 0 radical (unpaired) electrons. The lowest BCUT2D eigenvalue weighted by atomic mass is 9.91. The standard InChI is InChI=1S/C21H29N3O4/c1-4-28-20(26)17-18(13(2)3)22-21(27)23-19(17)14-5-7-15(8-6-14)24-11-9-16(25)10-12-24/h5-8,13,16,19,25H,4,9-12H2,1-3H3,(H2,22,23,27). The third-order valence-corrected chi connectivity index (χ3v) is 5.23. The van der Waals surface area contributed by atoms with Crippen molar-refractivity contribution in [3.8, 4) is 0 Å². The Labute approximate surface area is 165 Å². The fourth-order valence-corrected chi connectivity index (χ4v) is 3.73. The first-order chi connectivity index (χ1) is 13.4. The molecule has 1 aromatic rings. The molecule has 7 nitrogen and oxygen atoms in total. The number of amides is 2. The minimum Gasteiger partial charge on any atom is -0.463 e. The van der Waals surface area contributed by atoms with E-state index in [1.807, 2.05) is 38.1 Å². The van der Waals surface area contributed by atoms with Crippen LogP contribution in [0.5, 0.6) is 0 Å². The Morgan fingerprint density at radius 1 is 1.25 bits per heavy atom. The number of esters is 1. The van der Waals surface area contributed by atoms with Crippen LogP contribution in [0, 0.1) is 5.92 Å². The van der Waals surface area contributed by atoms with Gasteiger partial charge in [0.05, 0.1) is 24.3 Å². The van der Waals surface area contributed by atoms with Crippen molar-refractivity contribution in [1.29, 1.82) is 0 Å². The van der Waals surface area contributed by atoms with Gasteiger partial charge in [-0.25, -0.2) is 9.59 Å². The number of hydrogen-bond acceptors (Lipinski definition) is 5. The van der Waals surface area contributed by atoms with Gasteiger partial charge in [-0.3, -0.25) is 0 Å². The fourth-order valence-electron chi connectivity index (χ4n) is 3.73. The van der Waals surface area contributed by atoms with E-state index in [2.05, 4.69) is 15.5 Å². The second-order valence-corrected chi connectivity index (χ2v) is 7.54. The van der Waals surface area contributed by atoms with Crippen molar-refractivity contribution >= 4 is 17.7 Å². The summed E-state index contributed by atoms with van der Waals surface area (Å²) in [7, 11) is 0. The van der Waals surface area contributed by atoms with E-state index in [1.165, 1.54) is 0 Å². The number of urea groups is 1. The summed E-state index contributed by atoms with van der Waals surface area (Å²) in [5, 5.41) is 15.3. The molecule has 2 amide bonds. The summed E-state index contributed by atoms with van der Waals surface area (Å²) in [6.45, 7) is 7.54. The molecule has 1 fully saturated rings. The number of nitrogens with zero attached hydrogens (tertiary/aromatic N) is 1. The van der Waals surface area contributed by atoms with Gasteiger partial charge in [-0.1, -0.05) is 26.0 Å². The smallest absolute Gasteiger partial charge is 0.338 e. The average Bonchev–Trinajstić information content (AvgIpc) is 2.68. The van der Waals surface area contributed by atoms with Crippen LogP contribution < -0.4 is 15.5 Å². The highest BCUT2D eigenvalue weighted by Gasteiger charge is 2.34. The molecule has 28 heavy (non-hydrogen) atoms. The molecule has 2 aliphatic rings. The van der Waals surface area contributed by atoms with Crippen LogP contribution in [-0.4, -0.2) is 42.9 Å². The predicted molar refractivity (Wildman–Crippen MR) is 107 cm³/mol. The van der Waals surface area contributed by atoms with Gasteiger partial charge >= 0.3 is 12.0 Å². The van der Waals surface area contributed by atoms with Crippen LogP contribution in [0.2, 0.25) is 0 Å². The highest BCUT2D eigenvalue weighted by atomic mass is 16.5. The summed E-state index contributed by atoms with van der Waals surface area (Å²) in [5.41, 5.74) is 2.95. The van der Waals surface area contributed by atoms with Crippen LogP contribution in [0.1, 0.15) is 45.2 Å². The van der Waals surface area contributed by atoms with Gasteiger partial charge in [-0.15, -0.1) is 0 Å². The molecule has 0 spiro atoms. The van der Waals surface area contributed by atoms with E-state index >= 15 is 0 Å². The van der Waals surface area contributed by atoms with Crippen molar-refractivity contribution < 1.29 is 19.4 Å². The highest BCUT2D eigenvalue weighted by molar-refractivity contribution is 5.95. The zero-order valence-electron chi connectivity index (χ0n) is 16.7. The minimum absolute atomic E-state index is 0.0213. The molecule has 7 heteroatoms. The lowest BCUT2D eigenvalue weighted by Crippen LogP contribution is -2.47. The lowest BCUT2D eigenvalue weighted by Gasteiger charge is -2.33. The first-order valence-corrected chi connectivity index (χ1v) is 9.92. The number of carbonyl (C=O) groups excluding carboxylic acids is 2. The minimum atomic E-state index is -0.553.